The van der Waals surface area contributed by atoms with Crippen LogP contribution in [0.5, 0.6) is 0 Å². The lowest BCUT2D eigenvalue weighted by atomic mass is 9.95. The van der Waals surface area contributed by atoms with Crippen LogP contribution in [-0.2, 0) is 17.6 Å². The molecule has 0 fully saturated rings. The van der Waals surface area contributed by atoms with E-state index in [-0.39, 0.29) is 5.56 Å². The van der Waals surface area contributed by atoms with Crippen molar-refractivity contribution in [2.45, 2.75) is 38.6 Å². The predicted octanol–water partition coefficient (Wildman–Crippen LogP) is 4.36. The van der Waals surface area contributed by atoms with Crippen molar-refractivity contribution in [1.29, 1.82) is 0 Å². The number of aryl methyl sites for hydroxylation is 1. The van der Waals surface area contributed by atoms with Crippen LogP contribution < -0.4 is 16.6 Å². The predicted molar refractivity (Wildman–Crippen MR) is 132 cm³/mol. The van der Waals surface area contributed by atoms with Gasteiger partial charge in [0.1, 0.15) is 15.9 Å². The monoisotopic (exact) mass is 478 g/mol. The van der Waals surface area contributed by atoms with Crippen molar-refractivity contribution < 1.29 is 9.59 Å². The third-order valence-electron chi connectivity index (χ3n) is 6.06. The summed E-state index contributed by atoms with van der Waals surface area (Å²) < 4.78 is 1.34. The Hall–Kier alpha value is -3.30. The SMILES string of the molecule is CC(C(=O)Nc1sc2c(c1C(N)=O)CCCC2)n1cnc2scc(-c3ccccc3)c2c1=O. The fourth-order valence-corrected chi connectivity index (χ4v) is 6.51. The van der Waals surface area contributed by atoms with E-state index in [0.29, 0.717) is 20.8 Å². The zero-order valence-electron chi connectivity index (χ0n) is 18.0. The molecule has 1 aliphatic rings. The standard InChI is InChI=1S/C24H22N4O3S2/c1-13(21(30)27-23-18(20(25)29)15-9-5-6-10-17(15)33-23)28-12-26-22-19(24(28)31)16(11-32-22)14-7-3-2-4-8-14/h2-4,7-8,11-13H,5-6,9-10H2,1H3,(H2,25,29)(H,27,30). The van der Waals surface area contributed by atoms with Crippen LogP contribution in [0.2, 0.25) is 0 Å². The summed E-state index contributed by atoms with van der Waals surface area (Å²) in [7, 11) is 0. The maximum Gasteiger partial charge on any atom is 0.263 e. The molecule has 7 nitrogen and oxygen atoms in total. The minimum Gasteiger partial charge on any atom is -0.365 e. The second kappa shape index (κ2) is 8.57. The van der Waals surface area contributed by atoms with Gasteiger partial charge in [0.2, 0.25) is 5.91 Å². The summed E-state index contributed by atoms with van der Waals surface area (Å²) in [5.74, 6) is -0.931. The molecule has 168 valence electrons. The fourth-order valence-electron chi connectivity index (χ4n) is 4.31. The summed E-state index contributed by atoms with van der Waals surface area (Å²) >= 11 is 2.81. The number of amides is 2. The number of fused-ring (bicyclic) bond motifs is 2. The van der Waals surface area contributed by atoms with Crippen molar-refractivity contribution in [3.05, 3.63) is 68.4 Å². The number of nitrogens with zero attached hydrogens (tertiary/aromatic N) is 2. The van der Waals surface area contributed by atoms with Gasteiger partial charge >= 0.3 is 0 Å². The number of hydrogen-bond donors (Lipinski definition) is 2. The third-order valence-corrected chi connectivity index (χ3v) is 8.15. The topological polar surface area (TPSA) is 107 Å². The van der Waals surface area contributed by atoms with Gasteiger partial charge in [-0.3, -0.25) is 19.0 Å². The molecule has 0 radical (unpaired) electrons. The lowest BCUT2D eigenvalue weighted by Crippen LogP contribution is -2.32. The normalized spacial score (nSPS) is 14.1. The van der Waals surface area contributed by atoms with E-state index in [4.69, 9.17) is 5.73 Å². The molecule has 0 spiro atoms. The van der Waals surface area contributed by atoms with Gasteiger partial charge in [0.15, 0.2) is 0 Å². The number of primary amides is 1. The maximum atomic E-state index is 13.4. The number of anilines is 1. The molecule has 2 amide bonds. The minimum absolute atomic E-state index is 0.275. The lowest BCUT2D eigenvalue weighted by Gasteiger charge is -2.15. The van der Waals surface area contributed by atoms with Crippen molar-refractivity contribution in [2.75, 3.05) is 5.32 Å². The molecule has 9 heteroatoms. The van der Waals surface area contributed by atoms with Crippen LogP contribution in [0.4, 0.5) is 5.00 Å². The molecule has 0 saturated heterocycles. The van der Waals surface area contributed by atoms with Gasteiger partial charge < -0.3 is 11.1 Å². The highest BCUT2D eigenvalue weighted by molar-refractivity contribution is 7.17. The van der Waals surface area contributed by atoms with E-state index < -0.39 is 17.9 Å². The van der Waals surface area contributed by atoms with Crippen LogP contribution in [0.3, 0.4) is 0 Å². The molecule has 0 aliphatic heterocycles. The van der Waals surface area contributed by atoms with E-state index in [1.165, 1.54) is 33.6 Å². The molecular formula is C24H22N4O3S2. The molecule has 3 N–H and O–H groups in total. The van der Waals surface area contributed by atoms with Gasteiger partial charge in [-0.1, -0.05) is 30.3 Å². The molecule has 3 heterocycles. The van der Waals surface area contributed by atoms with Crippen molar-refractivity contribution in [3.63, 3.8) is 0 Å². The quantitative estimate of drug-likeness (QED) is 0.444. The first kappa shape index (κ1) is 21.5. The van der Waals surface area contributed by atoms with Gasteiger partial charge in [-0.05, 0) is 43.7 Å². The Bertz CT molecular complexity index is 1440. The summed E-state index contributed by atoms with van der Waals surface area (Å²) in [4.78, 5) is 44.8. The largest absolute Gasteiger partial charge is 0.365 e. The Balaban J connectivity index is 1.50. The van der Waals surface area contributed by atoms with E-state index in [1.807, 2.05) is 35.7 Å². The Morgan fingerprint density at radius 2 is 1.94 bits per heavy atom. The van der Waals surface area contributed by atoms with Crippen LogP contribution >= 0.6 is 22.7 Å². The maximum absolute atomic E-state index is 13.4. The smallest absolute Gasteiger partial charge is 0.263 e. The molecular weight excluding hydrogens is 456 g/mol. The molecule has 5 rings (SSSR count). The first-order valence-corrected chi connectivity index (χ1v) is 12.4. The van der Waals surface area contributed by atoms with Crippen molar-refractivity contribution >= 4 is 49.7 Å². The van der Waals surface area contributed by atoms with Crippen LogP contribution in [0.15, 0.2) is 46.8 Å². The van der Waals surface area contributed by atoms with Crippen molar-refractivity contribution in [2.24, 2.45) is 5.73 Å². The highest BCUT2D eigenvalue weighted by Crippen LogP contribution is 2.38. The molecule has 1 aliphatic carbocycles. The van der Waals surface area contributed by atoms with Crippen LogP contribution in [-0.4, -0.2) is 21.4 Å². The molecule has 33 heavy (non-hydrogen) atoms. The van der Waals surface area contributed by atoms with Crippen LogP contribution in [0.25, 0.3) is 21.3 Å². The van der Waals surface area contributed by atoms with Crippen molar-refractivity contribution in [1.82, 2.24) is 9.55 Å². The second-order valence-electron chi connectivity index (χ2n) is 8.10. The number of hydrogen-bond acceptors (Lipinski definition) is 6. The first-order valence-electron chi connectivity index (χ1n) is 10.7. The zero-order chi connectivity index (χ0) is 23.1. The summed E-state index contributed by atoms with van der Waals surface area (Å²) in [6.07, 6.45) is 5.14. The molecule has 0 bridgehead atoms. The van der Waals surface area contributed by atoms with Gasteiger partial charge in [0.05, 0.1) is 17.3 Å². The highest BCUT2D eigenvalue weighted by Gasteiger charge is 2.27. The molecule has 4 aromatic rings. The highest BCUT2D eigenvalue weighted by atomic mass is 32.1. The first-order chi connectivity index (χ1) is 16.0. The van der Waals surface area contributed by atoms with Gasteiger partial charge in [-0.2, -0.15) is 0 Å². The van der Waals surface area contributed by atoms with E-state index in [0.717, 1.165) is 47.3 Å². The second-order valence-corrected chi connectivity index (χ2v) is 10.1. The fraction of sp³-hybridized carbons (Fsp3) is 0.250. The number of carbonyl (C=O) groups is 2. The summed E-state index contributed by atoms with van der Waals surface area (Å²) in [5, 5.41) is 5.74. The number of aromatic nitrogens is 2. The number of carbonyl (C=O) groups excluding carboxylic acids is 2. The number of rotatable bonds is 5. The summed E-state index contributed by atoms with van der Waals surface area (Å²) in [5.41, 5.74) is 8.45. The number of benzene rings is 1. The van der Waals surface area contributed by atoms with Crippen LogP contribution in [0, 0.1) is 0 Å². The van der Waals surface area contributed by atoms with E-state index in [9.17, 15) is 14.4 Å². The average Bonchev–Trinajstić information content (AvgIpc) is 3.41. The van der Waals surface area contributed by atoms with E-state index in [1.54, 1.807) is 6.92 Å². The van der Waals surface area contributed by atoms with Gasteiger partial charge in [-0.25, -0.2) is 4.98 Å². The number of thiophene rings is 2. The van der Waals surface area contributed by atoms with E-state index in [2.05, 4.69) is 10.3 Å². The van der Waals surface area contributed by atoms with Gasteiger partial charge in [0, 0.05) is 15.8 Å². The third kappa shape index (κ3) is 3.77. The lowest BCUT2D eigenvalue weighted by molar-refractivity contribution is -0.118. The van der Waals surface area contributed by atoms with Gasteiger partial charge in [-0.15, -0.1) is 22.7 Å². The number of nitrogens with two attached hydrogens (primary N) is 1. The molecule has 3 aromatic heterocycles. The van der Waals surface area contributed by atoms with Gasteiger partial charge in [0.25, 0.3) is 11.5 Å². The Morgan fingerprint density at radius 3 is 2.70 bits per heavy atom. The van der Waals surface area contributed by atoms with E-state index >= 15 is 0 Å². The minimum atomic E-state index is -0.822. The molecule has 1 atom stereocenters. The average molecular weight is 479 g/mol. The Kier molecular flexibility index (Phi) is 5.59. The summed E-state index contributed by atoms with van der Waals surface area (Å²) in [6, 6.07) is 8.82. The zero-order valence-corrected chi connectivity index (χ0v) is 19.6. The van der Waals surface area contributed by atoms with Crippen LogP contribution in [0.1, 0.15) is 46.6 Å². The Labute approximate surface area is 197 Å². The molecule has 1 aromatic carbocycles. The number of nitrogens with one attached hydrogen (secondary N) is 1. The molecule has 0 saturated carbocycles. The summed E-state index contributed by atoms with van der Waals surface area (Å²) in [6.45, 7) is 1.65. The Morgan fingerprint density at radius 1 is 1.18 bits per heavy atom. The van der Waals surface area contributed by atoms with Crippen molar-refractivity contribution in [3.8, 4) is 11.1 Å². The molecule has 1 unspecified atom stereocenters.